The van der Waals surface area contributed by atoms with Crippen LogP contribution in [-0.2, 0) is 33.3 Å². The van der Waals surface area contributed by atoms with Gasteiger partial charge in [-0.15, -0.1) is 11.8 Å². The van der Waals surface area contributed by atoms with Crippen LogP contribution in [0.1, 0.15) is 62.7 Å². The van der Waals surface area contributed by atoms with Gasteiger partial charge in [0.15, 0.2) is 11.9 Å². The molecule has 17 heteroatoms. The van der Waals surface area contributed by atoms with Gasteiger partial charge >= 0.3 is 18.0 Å². The van der Waals surface area contributed by atoms with Crippen molar-refractivity contribution >= 4 is 35.6 Å². The Hall–Kier alpha value is 0.613. The van der Waals surface area contributed by atoms with E-state index >= 15 is 0 Å². The second kappa shape index (κ2) is 16.3. The molecule has 266 valence electrons. The molecule has 1 aliphatic heterocycles. The van der Waals surface area contributed by atoms with Gasteiger partial charge < -0.3 is 49.8 Å². The number of alkyl carbamates (subject to hydrolysis) is 1. The molecule has 2 saturated carbocycles. The molecule has 1 amide bonds. The molecule has 6 N–H and O–H groups in total. The second-order valence-electron chi connectivity index (χ2n) is 14.0. The summed E-state index contributed by atoms with van der Waals surface area (Å²) in [5.41, 5.74) is -7.33. The summed E-state index contributed by atoms with van der Waals surface area (Å²) >= 11 is 1.02. The maximum atomic E-state index is 14.3. The molecule has 3 aliphatic carbocycles. The normalized spacial score (nSPS) is 38.1. The predicted molar refractivity (Wildman–Crippen MR) is 162 cm³/mol. The summed E-state index contributed by atoms with van der Waals surface area (Å²) in [5.74, 6) is -4.99. The molecule has 2 radical (unpaired) electrons. The van der Waals surface area contributed by atoms with Crippen molar-refractivity contribution in [1.82, 2.24) is 5.32 Å². The molecule has 3 fully saturated rings. The Morgan fingerprint density at radius 3 is 2.29 bits per heavy atom. The van der Waals surface area contributed by atoms with Crippen LogP contribution in [0.15, 0.2) is 11.1 Å². The summed E-state index contributed by atoms with van der Waals surface area (Å²) < 4.78 is 29.2. The van der Waals surface area contributed by atoms with Crippen molar-refractivity contribution in [1.29, 1.82) is 0 Å². The summed E-state index contributed by atoms with van der Waals surface area (Å²) in [6.07, 6.45) is -10.9. The van der Waals surface area contributed by atoms with Crippen molar-refractivity contribution in [3.8, 4) is 0 Å². The molecule has 4 aliphatic rings. The van der Waals surface area contributed by atoms with Crippen molar-refractivity contribution in [3.05, 3.63) is 11.1 Å². The first-order valence-corrected chi connectivity index (χ1v) is 16.4. The number of rotatable bonds is 8. The van der Waals surface area contributed by atoms with Crippen LogP contribution in [0, 0.1) is 111 Å². The minimum Gasteiger partial charge on any atom is -0.459 e. The van der Waals surface area contributed by atoms with Crippen LogP contribution in [0.5, 0.6) is 0 Å². The van der Waals surface area contributed by atoms with Gasteiger partial charge in [-0.2, -0.15) is 0 Å². The Morgan fingerprint density at radius 2 is 1.77 bits per heavy atom. The average Bonchev–Trinajstić information content (AvgIpc) is 2.97. The number of esters is 2. The van der Waals surface area contributed by atoms with Crippen LogP contribution in [-0.4, -0.2) is 122 Å². The molecule has 0 unspecified atom stereocenters. The van der Waals surface area contributed by atoms with Crippen LogP contribution >= 0.6 is 11.8 Å². The maximum Gasteiger partial charge on any atom is 0.408 e. The molecule has 1 saturated heterocycles. The zero-order valence-corrected chi connectivity index (χ0v) is 38.6. The standard InChI is InChI=1S/C31H47NO13S.2Ac/c1-13(2)20(32-27(39)43-12-46-8)22(36)26(38)45-16-10-31(41)25(44-15(4)33)23-29(7,17(34)9-18-30(23,40)11-42-18)24(37)21(35)19(14(16)3)28(31,5)6;;/h13,16-18,20-23,25,34-36,40-41H,9-12H2,1-8H3,(H,32,39);;/t16-,17-,18+,20-,21+,22+,23-,25-,29+,30-,31+;;/m0../s1/i8T;;. The van der Waals surface area contributed by atoms with Gasteiger partial charge in [0, 0.05) is 121 Å². The number of ketones is 1. The second-order valence-corrected chi connectivity index (χ2v) is 14.6. The monoisotopic (exact) mass is 1130 g/mol. The maximum absolute atomic E-state index is 14.3. The van der Waals surface area contributed by atoms with Gasteiger partial charge in [-0.1, -0.05) is 27.7 Å². The van der Waals surface area contributed by atoms with Gasteiger partial charge in [0.05, 0.1) is 30.3 Å². The van der Waals surface area contributed by atoms with Crippen molar-refractivity contribution in [3.63, 3.8) is 0 Å². The number of Topliss-reactive ketones (excluding diaryl/α,β-unsaturated/α-hetero) is 1. The molecule has 2 bridgehead atoms. The van der Waals surface area contributed by atoms with Gasteiger partial charge in [0.1, 0.15) is 35.5 Å². The van der Waals surface area contributed by atoms with E-state index in [4.69, 9.17) is 20.3 Å². The number of aliphatic hydroxyl groups is 5. The van der Waals surface area contributed by atoms with E-state index in [1.165, 1.54) is 27.7 Å². The van der Waals surface area contributed by atoms with Crippen LogP contribution in [0.3, 0.4) is 0 Å². The third kappa shape index (κ3) is 7.38. The molecule has 0 aromatic rings. The predicted octanol–water partition coefficient (Wildman–Crippen LogP) is 0.200. The number of fused-ring (bicyclic) bond motifs is 5. The molecule has 4 rings (SSSR count). The zero-order valence-electron chi connectivity index (χ0n) is 29.3. The van der Waals surface area contributed by atoms with E-state index in [0.29, 0.717) is 0 Å². The molecule has 1 heterocycles. The van der Waals surface area contributed by atoms with Crippen LogP contribution in [0.4, 0.5) is 4.79 Å². The third-order valence-corrected chi connectivity index (χ3v) is 11.1. The van der Waals surface area contributed by atoms with Crippen molar-refractivity contribution in [2.75, 3.05) is 18.8 Å². The number of carbonyl (C=O) groups excluding carboxylic acids is 4. The number of hydrogen-bond acceptors (Lipinski definition) is 14. The van der Waals surface area contributed by atoms with Crippen LogP contribution in [0.2, 0.25) is 0 Å². The number of carbonyl (C=O) groups is 4. The number of aliphatic hydroxyl groups excluding tert-OH is 3. The molecule has 48 heavy (non-hydrogen) atoms. The van der Waals surface area contributed by atoms with Crippen LogP contribution in [0.25, 0.3) is 0 Å². The van der Waals surface area contributed by atoms with Crippen molar-refractivity contribution < 1.29 is 153 Å². The van der Waals surface area contributed by atoms with Crippen LogP contribution < -0.4 is 5.32 Å². The van der Waals surface area contributed by atoms with Gasteiger partial charge in [-0.05, 0) is 37.1 Å². The molecular formula is C31H47Ac2NO13S. The fourth-order valence-corrected chi connectivity index (χ4v) is 8.23. The summed E-state index contributed by atoms with van der Waals surface area (Å²) in [6.45, 7) is 10.0. The molecule has 11 atom stereocenters. The van der Waals surface area contributed by atoms with E-state index in [-0.39, 0.29) is 124 Å². The van der Waals surface area contributed by atoms with E-state index in [1.54, 1.807) is 13.8 Å². The van der Waals surface area contributed by atoms with Gasteiger partial charge in [0.25, 0.3) is 0 Å². The Balaban J connectivity index is 0.00000417. The first-order valence-electron chi connectivity index (χ1n) is 15.9. The first-order chi connectivity index (χ1) is 21.7. The fraction of sp³-hybridized carbons (Fsp3) is 0.806. The minimum absolute atomic E-state index is 0. The van der Waals surface area contributed by atoms with Gasteiger partial charge in [0.2, 0.25) is 0 Å². The fourth-order valence-electron chi connectivity index (χ4n) is 8.04. The molecular weight excluding hydrogens is 1080 g/mol. The third-order valence-electron chi connectivity index (χ3n) is 10.8. The molecule has 0 aromatic heterocycles. The minimum atomic E-state index is -2.22. The SMILES string of the molecule is [3H]CSCOC(=O)N[C@@H](C(C)C)[C@@H](O)C(=O)O[C@H]1C[C@@]2(O)[C@@H](OC(C)=O)[C@@H]3[C@]4(O)CO[C@@H]4C[C@H](O)[C@@]3(C)C(=O)[C@H](O)C(=C1C)C2(C)C.[Ac].[Ac]. The van der Waals surface area contributed by atoms with Gasteiger partial charge in [-0.25, -0.2) is 9.59 Å². The quantitative estimate of drug-likeness (QED) is 0.0630. The first kappa shape index (κ1) is 43.0. The number of thioether (sulfide) groups is 1. The number of amides is 1. The van der Waals surface area contributed by atoms with E-state index < -0.39 is 107 Å². The van der Waals surface area contributed by atoms with E-state index in [0.717, 1.165) is 18.7 Å². The molecule has 0 aromatic carbocycles. The Bertz CT molecular complexity index is 1320. The number of ether oxygens (including phenoxy) is 4. The number of nitrogens with one attached hydrogen (secondary N) is 1. The summed E-state index contributed by atoms with van der Waals surface area (Å²) in [4.78, 5) is 52.7. The average molecular weight is 1130 g/mol. The largest absolute Gasteiger partial charge is 0.459 e. The summed E-state index contributed by atoms with van der Waals surface area (Å²) in [6, 6.07) is -1.17. The summed E-state index contributed by atoms with van der Waals surface area (Å²) in [5, 5.41) is 61.3. The zero-order chi connectivity index (χ0) is 35.4. The number of hydrogen-bond donors (Lipinski definition) is 6. The Labute approximate surface area is 357 Å². The van der Waals surface area contributed by atoms with E-state index in [1.807, 2.05) is 0 Å². The topological polar surface area (TPSA) is 218 Å². The van der Waals surface area contributed by atoms with Crippen molar-refractivity contribution in [2.45, 2.75) is 115 Å². The van der Waals surface area contributed by atoms with E-state index in [2.05, 4.69) is 5.32 Å². The Kier molecular flexibility index (Phi) is 14.6. The Morgan fingerprint density at radius 1 is 1.15 bits per heavy atom. The molecule has 0 spiro atoms. The van der Waals surface area contributed by atoms with Crippen molar-refractivity contribution in [2.24, 2.45) is 22.7 Å². The van der Waals surface area contributed by atoms with E-state index in [9.17, 15) is 44.7 Å². The smallest absolute Gasteiger partial charge is 0.408 e. The summed E-state index contributed by atoms with van der Waals surface area (Å²) in [7, 11) is 0. The van der Waals surface area contributed by atoms with Gasteiger partial charge in [-0.3, -0.25) is 9.59 Å². The molecule has 14 nitrogen and oxygen atoms in total.